The summed E-state index contributed by atoms with van der Waals surface area (Å²) >= 11 is 3.63. The molecule has 2 bridgehead atoms. The maximum atomic E-state index is 13.0. The van der Waals surface area contributed by atoms with Crippen LogP contribution in [0, 0.1) is 23.7 Å². The maximum absolute atomic E-state index is 13.0. The third kappa shape index (κ3) is 3.35. The van der Waals surface area contributed by atoms with Crippen LogP contribution < -0.4 is 10.6 Å². The van der Waals surface area contributed by atoms with E-state index in [4.69, 9.17) is 4.74 Å². The van der Waals surface area contributed by atoms with Crippen LogP contribution in [-0.4, -0.2) is 28.7 Å². The number of hydrogen-bond acceptors (Lipinski definition) is 4. The van der Waals surface area contributed by atoms with Crippen molar-refractivity contribution in [2.45, 2.75) is 30.7 Å². The molecule has 31 heavy (non-hydrogen) atoms. The summed E-state index contributed by atoms with van der Waals surface area (Å²) in [5.41, 5.74) is 2.98. The van der Waals surface area contributed by atoms with E-state index in [9.17, 15) is 14.4 Å². The van der Waals surface area contributed by atoms with Crippen molar-refractivity contribution in [2.75, 3.05) is 10.6 Å². The topological polar surface area (TPSA) is 84.5 Å². The van der Waals surface area contributed by atoms with Crippen LogP contribution in [0.25, 0.3) is 0 Å². The lowest BCUT2D eigenvalue weighted by Gasteiger charge is -2.27. The molecule has 2 aliphatic carbocycles. The van der Waals surface area contributed by atoms with Gasteiger partial charge in [0.2, 0.25) is 5.91 Å². The number of nitrogens with one attached hydrogen (secondary N) is 2. The summed E-state index contributed by atoms with van der Waals surface area (Å²) in [7, 11) is 0. The molecule has 3 aliphatic rings. The van der Waals surface area contributed by atoms with E-state index >= 15 is 0 Å². The molecular weight excluding hydrogens is 460 g/mol. The second kappa shape index (κ2) is 7.79. The zero-order valence-electron chi connectivity index (χ0n) is 17.0. The number of carbonyl (C=O) groups is 3. The molecule has 1 saturated heterocycles. The molecule has 0 unspecified atom stereocenters. The lowest BCUT2D eigenvalue weighted by atomic mass is 9.79. The molecule has 1 heterocycles. The molecule has 3 fully saturated rings. The predicted octanol–water partition coefficient (Wildman–Crippen LogP) is 4.01. The molecule has 7 heteroatoms. The summed E-state index contributed by atoms with van der Waals surface area (Å²) in [4.78, 5) is 37.9. The van der Waals surface area contributed by atoms with Gasteiger partial charge in [-0.3, -0.25) is 14.4 Å². The first-order valence-corrected chi connectivity index (χ1v) is 11.5. The van der Waals surface area contributed by atoms with E-state index < -0.39 is 0 Å². The first kappa shape index (κ1) is 20.2. The van der Waals surface area contributed by atoms with E-state index in [1.165, 1.54) is 0 Å². The van der Waals surface area contributed by atoms with Crippen LogP contribution in [0.15, 0.2) is 48.5 Å². The minimum Gasteiger partial charge on any atom is -0.461 e. The Morgan fingerprint density at radius 3 is 2.55 bits per heavy atom. The van der Waals surface area contributed by atoms with E-state index in [-0.39, 0.29) is 52.4 Å². The summed E-state index contributed by atoms with van der Waals surface area (Å²) in [6.07, 6.45) is 1.57. The molecule has 0 spiro atoms. The van der Waals surface area contributed by atoms with Crippen molar-refractivity contribution in [3.05, 3.63) is 59.7 Å². The lowest BCUT2D eigenvalue weighted by molar-refractivity contribution is -0.145. The zero-order chi connectivity index (χ0) is 21.7. The number of ether oxygens (including phenoxy) is 1. The lowest BCUT2D eigenvalue weighted by Crippen LogP contribution is -2.40. The number of benzene rings is 2. The van der Waals surface area contributed by atoms with Gasteiger partial charge in [-0.05, 0) is 54.7 Å². The number of esters is 1. The molecule has 2 amide bonds. The molecule has 2 aromatic carbocycles. The standard InChI is InChI=1S/C24H23BrN2O4/c1-2-12-5-3-4-6-17(12)27-22(28)13-7-9-14(10-8-13)26-23(29)18-15-11-16-19(18)24(30)31-21(16)20(15)25/h3-10,15-16,18-21H,2,11H2,1H3,(H,26,29)(H,27,28)/t15-,16-,18-,19+,20-,21+/m1/s1. The van der Waals surface area contributed by atoms with Gasteiger partial charge in [0.25, 0.3) is 5.91 Å². The largest absolute Gasteiger partial charge is 0.461 e. The number of aryl methyl sites for hydroxylation is 1. The fourth-order valence-electron chi connectivity index (χ4n) is 5.41. The second-order valence-corrected chi connectivity index (χ2v) is 9.55. The van der Waals surface area contributed by atoms with Crippen LogP contribution in [0.2, 0.25) is 0 Å². The minimum atomic E-state index is -0.380. The summed E-state index contributed by atoms with van der Waals surface area (Å²) in [6.45, 7) is 2.04. The molecule has 0 radical (unpaired) electrons. The van der Waals surface area contributed by atoms with E-state index in [1.54, 1.807) is 24.3 Å². The highest BCUT2D eigenvalue weighted by molar-refractivity contribution is 9.09. The van der Waals surface area contributed by atoms with Crippen molar-refractivity contribution in [1.82, 2.24) is 0 Å². The number of para-hydroxylation sites is 1. The Hall–Kier alpha value is -2.67. The maximum Gasteiger partial charge on any atom is 0.310 e. The van der Waals surface area contributed by atoms with E-state index in [2.05, 4.69) is 26.6 Å². The average molecular weight is 483 g/mol. The highest BCUT2D eigenvalue weighted by Crippen LogP contribution is 2.60. The molecule has 2 saturated carbocycles. The van der Waals surface area contributed by atoms with Crippen molar-refractivity contribution in [3.63, 3.8) is 0 Å². The molecule has 160 valence electrons. The molecule has 1 aliphatic heterocycles. The predicted molar refractivity (Wildman–Crippen MR) is 120 cm³/mol. The summed E-state index contributed by atoms with van der Waals surface area (Å²) < 4.78 is 5.48. The number of amides is 2. The molecule has 5 rings (SSSR count). The van der Waals surface area contributed by atoms with Gasteiger partial charge in [-0.2, -0.15) is 0 Å². The highest BCUT2D eigenvalue weighted by atomic mass is 79.9. The Bertz CT molecular complexity index is 1050. The Morgan fingerprint density at radius 1 is 1.06 bits per heavy atom. The molecule has 0 aromatic heterocycles. The van der Waals surface area contributed by atoms with Crippen LogP contribution in [0.4, 0.5) is 11.4 Å². The first-order valence-electron chi connectivity index (χ1n) is 10.6. The van der Waals surface area contributed by atoms with Crippen molar-refractivity contribution >= 4 is 45.1 Å². The van der Waals surface area contributed by atoms with Gasteiger partial charge in [-0.25, -0.2) is 0 Å². The number of carbonyl (C=O) groups excluding carboxylic acids is 3. The van der Waals surface area contributed by atoms with Crippen molar-refractivity contribution in [3.8, 4) is 0 Å². The Labute approximate surface area is 188 Å². The Morgan fingerprint density at radius 2 is 1.81 bits per heavy atom. The number of hydrogen-bond donors (Lipinski definition) is 2. The second-order valence-electron chi connectivity index (χ2n) is 8.49. The summed E-state index contributed by atoms with van der Waals surface area (Å²) in [6, 6.07) is 14.5. The fraction of sp³-hybridized carbons (Fsp3) is 0.375. The van der Waals surface area contributed by atoms with Gasteiger partial charge in [-0.1, -0.05) is 41.1 Å². The Balaban J connectivity index is 1.26. The van der Waals surface area contributed by atoms with Crippen LogP contribution in [0.3, 0.4) is 0 Å². The molecule has 6 atom stereocenters. The number of alkyl halides is 1. The molecule has 2 aromatic rings. The Kier molecular flexibility index (Phi) is 5.08. The van der Waals surface area contributed by atoms with Crippen molar-refractivity contribution in [2.24, 2.45) is 23.7 Å². The number of rotatable bonds is 5. The van der Waals surface area contributed by atoms with Gasteiger partial charge in [0.15, 0.2) is 0 Å². The SMILES string of the molecule is CCc1ccccc1NC(=O)c1ccc(NC(=O)[C@@H]2[C@H]3C[C@H]4[C@H](OC(=O)[C@@H]42)[C@@H]3Br)cc1. The van der Waals surface area contributed by atoms with Gasteiger partial charge >= 0.3 is 5.97 Å². The third-order valence-corrected chi connectivity index (χ3v) is 8.09. The third-order valence-electron chi connectivity index (χ3n) is 6.89. The quantitative estimate of drug-likeness (QED) is 0.497. The van der Waals surface area contributed by atoms with Crippen LogP contribution in [-0.2, 0) is 20.7 Å². The molecule has 2 N–H and O–H groups in total. The first-order chi connectivity index (χ1) is 15.0. The molecule has 6 nitrogen and oxygen atoms in total. The summed E-state index contributed by atoms with van der Waals surface area (Å²) in [5.74, 6) is -1.09. The van der Waals surface area contributed by atoms with E-state index in [0.717, 1.165) is 24.1 Å². The molecular formula is C24H23BrN2O4. The van der Waals surface area contributed by atoms with Crippen molar-refractivity contribution < 1.29 is 19.1 Å². The normalized spacial score (nSPS) is 30.2. The van der Waals surface area contributed by atoms with E-state index in [0.29, 0.717) is 11.3 Å². The number of fused-ring (bicyclic) bond motifs is 1. The average Bonchev–Trinajstić information content (AvgIpc) is 3.39. The van der Waals surface area contributed by atoms with Gasteiger partial charge in [0.1, 0.15) is 6.10 Å². The number of halogens is 1. The number of anilines is 2. The van der Waals surface area contributed by atoms with Gasteiger partial charge in [0.05, 0.1) is 16.7 Å². The highest BCUT2D eigenvalue weighted by Gasteiger charge is 2.67. The van der Waals surface area contributed by atoms with Crippen molar-refractivity contribution in [1.29, 1.82) is 0 Å². The van der Waals surface area contributed by atoms with Crippen LogP contribution in [0.1, 0.15) is 29.3 Å². The van der Waals surface area contributed by atoms with Crippen LogP contribution >= 0.6 is 15.9 Å². The minimum absolute atomic E-state index is 0.0352. The van der Waals surface area contributed by atoms with Gasteiger partial charge < -0.3 is 15.4 Å². The van der Waals surface area contributed by atoms with Crippen LogP contribution in [0.5, 0.6) is 0 Å². The smallest absolute Gasteiger partial charge is 0.310 e. The summed E-state index contributed by atoms with van der Waals surface area (Å²) in [5, 5.41) is 5.87. The monoisotopic (exact) mass is 482 g/mol. The van der Waals surface area contributed by atoms with Gasteiger partial charge in [0, 0.05) is 22.9 Å². The fourth-order valence-corrected chi connectivity index (χ4v) is 6.45. The zero-order valence-corrected chi connectivity index (χ0v) is 18.6. The van der Waals surface area contributed by atoms with Gasteiger partial charge in [-0.15, -0.1) is 0 Å². The van der Waals surface area contributed by atoms with E-state index in [1.807, 2.05) is 31.2 Å².